The molecule has 0 fully saturated rings. The van der Waals surface area contributed by atoms with Crippen LogP contribution in [0, 0.1) is 0 Å². The summed E-state index contributed by atoms with van der Waals surface area (Å²) in [5.74, 6) is -0.0210. The Labute approximate surface area is 133 Å². The predicted molar refractivity (Wildman–Crippen MR) is 83.6 cm³/mol. The number of hydrogen-bond donors (Lipinski definition) is 3. The Morgan fingerprint density at radius 1 is 1.40 bits per heavy atom. The van der Waals surface area contributed by atoms with E-state index in [-0.39, 0.29) is 16.5 Å². The Morgan fingerprint density at radius 3 is 2.70 bits per heavy atom. The number of rotatable bonds is 4. The molecule has 5 nitrogen and oxygen atoms in total. The second kappa shape index (κ2) is 5.90. The van der Waals surface area contributed by atoms with E-state index in [0.29, 0.717) is 20.1 Å². The maximum Gasteiger partial charge on any atom is 0.250 e. The van der Waals surface area contributed by atoms with Gasteiger partial charge in [-0.15, -0.1) is 11.3 Å². The molecule has 0 spiro atoms. The zero-order valence-corrected chi connectivity index (χ0v) is 13.9. The maximum atomic E-state index is 12.1. The van der Waals surface area contributed by atoms with Crippen molar-refractivity contribution < 1.29 is 13.5 Å². The summed E-state index contributed by atoms with van der Waals surface area (Å²) in [5.41, 5.74) is 6.43. The van der Waals surface area contributed by atoms with Gasteiger partial charge in [0.1, 0.15) is 9.96 Å². The molecule has 20 heavy (non-hydrogen) atoms. The number of hydrogen-bond acceptors (Lipinski definition) is 5. The second-order valence-corrected chi connectivity index (χ2v) is 8.67. The van der Waals surface area contributed by atoms with Gasteiger partial charge in [-0.05, 0) is 40.2 Å². The minimum Gasteiger partial charge on any atom is -0.508 e. The van der Waals surface area contributed by atoms with Gasteiger partial charge in [0, 0.05) is 17.8 Å². The summed E-state index contributed by atoms with van der Waals surface area (Å²) < 4.78 is 27.2. The fourth-order valence-electron chi connectivity index (χ4n) is 1.45. The monoisotopic (exact) mass is 396 g/mol. The Bertz CT molecular complexity index is 727. The Morgan fingerprint density at radius 2 is 2.10 bits per heavy atom. The Kier molecular flexibility index (Phi) is 4.60. The van der Waals surface area contributed by atoms with Crippen LogP contribution in [0.3, 0.4) is 0 Å². The van der Waals surface area contributed by atoms with Crippen LogP contribution < -0.4 is 10.5 Å². The molecule has 2 rings (SSSR count). The summed E-state index contributed by atoms with van der Waals surface area (Å²) in [5, 5.41) is 9.97. The van der Waals surface area contributed by atoms with Crippen molar-refractivity contribution in [3.63, 3.8) is 0 Å². The lowest BCUT2D eigenvalue weighted by Gasteiger charge is -2.07. The van der Waals surface area contributed by atoms with Crippen LogP contribution in [-0.4, -0.2) is 13.5 Å². The summed E-state index contributed by atoms with van der Waals surface area (Å²) >= 11 is 9.99. The highest BCUT2D eigenvalue weighted by molar-refractivity contribution is 9.11. The fraction of sp³-hybridized carbons (Fsp3) is 0.0909. The fourth-order valence-corrected chi connectivity index (χ4v) is 4.90. The molecule has 0 unspecified atom stereocenters. The van der Waals surface area contributed by atoms with Gasteiger partial charge >= 0.3 is 0 Å². The first-order valence-corrected chi connectivity index (χ1v) is 8.78. The molecule has 2 aromatic rings. The lowest BCUT2D eigenvalue weighted by Crippen LogP contribution is -2.22. The summed E-state index contributed by atoms with van der Waals surface area (Å²) in [6.07, 6.45) is 0. The van der Waals surface area contributed by atoms with Gasteiger partial charge < -0.3 is 10.8 Å². The minimum atomic E-state index is -3.69. The van der Waals surface area contributed by atoms with E-state index in [1.165, 1.54) is 24.3 Å². The molecule has 0 saturated heterocycles. The van der Waals surface area contributed by atoms with Gasteiger partial charge in [-0.25, -0.2) is 13.1 Å². The third-order valence-corrected chi connectivity index (χ3v) is 6.79. The van der Waals surface area contributed by atoms with E-state index in [0.717, 1.165) is 11.3 Å². The molecule has 9 heteroatoms. The number of phenolic OH excluding ortho intramolecular Hbond substituents is 1. The molecule has 0 radical (unpaired) electrons. The number of phenols is 1. The number of nitrogen functional groups attached to an aromatic ring is 1. The highest BCUT2D eigenvalue weighted by Crippen LogP contribution is 2.34. The van der Waals surface area contributed by atoms with Crippen molar-refractivity contribution in [3.8, 4) is 5.75 Å². The van der Waals surface area contributed by atoms with Crippen LogP contribution in [0.2, 0.25) is 5.02 Å². The topological polar surface area (TPSA) is 92.4 Å². The number of halogens is 2. The first-order valence-electron chi connectivity index (χ1n) is 5.31. The highest BCUT2D eigenvalue weighted by atomic mass is 79.9. The van der Waals surface area contributed by atoms with Gasteiger partial charge in [0.15, 0.2) is 0 Å². The average Bonchev–Trinajstić information content (AvgIpc) is 2.72. The lowest BCUT2D eigenvalue weighted by molar-refractivity contribution is 0.467. The number of benzene rings is 1. The van der Waals surface area contributed by atoms with Crippen molar-refractivity contribution >= 4 is 54.6 Å². The van der Waals surface area contributed by atoms with E-state index in [1.54, 1.807) is 0 Å². The normalized spacial score (nSPS) is 11.7. The molecule has 1 aromatic carbocycles. The largest absolute Gasteiger partial charge is 0.508 e. The molecule has 0 bridgehead atoms. The van der Waals surface area contributed by atoms with Gasteiger partial charge in [-0.1, -0.05) is 11.6 Å². The molecular weight excluding hydrogens is 388 g/mol. The number of nitrogens with one attached hydrogen (secondary N) is 1. The molecule has 0 aliphatic heterocycles. The SMILES string of the molecule is Nc1ccc(O)c(CNS(=O)(=O)c2cc(Cl)c(Br)s2)c1. The molecule has 108 valence electrons. The molecular formula is C11H10BrClN2O3S2. The van der Waals surface area contributed by atoms with E-state index in [4.69, 9.17) is 17.3 Å². The number of nitrogens with two attached hydrogens (primary N) is 1. The van der Waals surface area contributed by atoms with Crippen LogP contribution in [0.4, 0.5) is 5.69 Å². The van der Waals surface area contributed by atoms with Gasteiger partial charge in [0.2, 0.25) is 10.0 Å². The smallest absolute Gasteiger partial charge is 0.250 e. The Hall–Kier alpha value is -0.800. The first-order chi connectivity index (χ1) is 9.29. The molecule has 0 amide bonds. The van der Waals surface area contributed by atoms with Crippen LogP contribution in [0.15, 0.2) is 32.3 Å². The van der Waals surface area contributed by atoms with Crippen molar-refractivity contribution in [1.82, 2.24) is 4.72 Å². The van der Waals surface area contributed by atoms with Gasteiger partial charge in [-0.3, -0.25) is 0 Å². The zero-order valence-electron chi connectivity index (χ0n) is 9.93. The quantitative estimate of drug-likeness (QED) is 0.546. The first kappa shape index (κ1) is 15.6. The molecule has 1 heterocycles. The lowest BCUT2D eigenvalue weighted by atomic mass is 10.2. The van der Waals surface area contributed by atoms with Crippen LogP contribution in [0.5, 0.6) is 5.75 Å². The number of anilines is 1. The summed E-state index contributed by atoms with van der Waals surface area (Å²) in [7, 11) is -3.69. The van der Waals surface area contributed by atoms with Crippen LogP contribution >= 0.6 is 38.9 Å². The number of sulfonamides is 1. The number of thiophene rings is 1. The summed E-state index contributed by atoms with van der Waals surface area (Å²) in [6, 6.07) is 5.81. The van der Waals surface area contributed by atoms with Crippen molar-refractivity contribution in [1.29, 1.82) is 0 Å². The van der Waals surface area contributed by atoms with Crippen molar-refractivity contribution in [2.45, 2.75) is 10.8 Å². The van der Waals surface area contributed by atoms with E-state index >= 15 is 0 Å². The molecule has 1 aromatic heterocycles. The molecule has 0 atom stereocenters. The predicted octanol–water partition coefficient (Wildman–Crippen LogP) is 2.93. The second-order valence-electron chi connectivity index (χ2n) is 3.90. The third kappa shape index (κ3) is 3.44. The van der Waals surface area contributed by atoms with Gasteiger partial charge in [0.05, 0.1) is 8.81 Å². The Balaban J connectivity index is 2.19. The van der Waals surface area contributed by atoms with Gasteiger partial charge in [0.25, 0.3) is 0 Å². The summed E-state index contributed by atoms with van der Waals surface area (Å²) in [4.78, 5) is 0. The summed E-state index contributed by atoms with van der Waals surface area (Å²) in [6.45, 7) is -0.0632. The van der Waals surface area contributed by atoms with Crippen molar-refractivity contribution in [2.24, 2.45) is 0 Å². The molecule has 0 aliphatic rings. The van der Waals surface area contributed by atoms with Gasteiger partial charge in [-0.2, -0.15) is 0 Å². The minimum absolute atomic E-state index is 0.0210. The number of aromatic hydroxyl groups is 1. The average molecular weight is 398 g/mol. The molecule has 0 aliphatic carbocycles. The van der Waals surface area contributed by atoms with E-state index in [1.807, 2.05) is 0 Å². The van der Waals surface area contributed by atoms with E-state index in [9.17, 15) is 13.5 Å². The standard InChI is InChI=1S/C11H10BrClN2O3S2/c12-11-8(13)4-10(19-11)20(17,18)15-5-6-3-7(14)1-2-9(6)16/h1-4,15-16H,5,14H2. The van der Waals surface area contributed by atoms with E-state index in [2.05, 4.69) is 20.7 Å². The zero-order chi connectivity index (χ0) is 14.9. The van der Waals surface area contributed by atoms with Crippen molar-refractivity contribution in [3.05, 3.63) is 38.6 Å². The van der Waals surface area contributed by atoms with Crippen LogP contribution in [0.25, 0.3) is 0 Å². The maximum absolute atomic E-state index is 12.1. The third-order valence-electron chi connectivity index (χ3n) is 2.44. The molecule has 0 saturated carbocycles. The van der Waals surface area contributed by atoms with Crippen molar-refractivity contribution in [2.75, 3.05) is 5.73 Å². The van der Waals surface area contributed by atoms with Crippen LogP contribution in [0.1, 0.15) is 5.56 Å². The van der Waals surface area contributed by atoms with E-state index < -0.39 is 10.0 Å². The highest BCUT2D eigenvalue weighted by Gasteiger charge is 2.19. The molecule has 4 N–H and O–H groups in total. The van der Waals surface area contributed by atoms with Crippen LogP contribution in [-0.2, 0) is 16.6 Å².